The first-order chi connectivity index (χ1) is 9.60. The molecule has 0 saturated heterocycles. The minimum Gasteiger partial charge on any atom is -0.493 e. The third kappa shape index (κ3) is 5.68. The maximum atomic E-state index is 11.2. The van der Waals surface area contributed by atoms with Crippen LogP contribution in [0.15, 0.2) is 18.2 Å². The summed E-state index contributed by atoms with van der Waals surface area (Å²) in [6.45, 7) is 5.67. The molecule has 0 aliphatic carbocycles. The molecular weight excluding hydrogens is 296 g/mol. The van der Waals surface area contributed by atoms with Crippen LogP contribution in [0, 0.1) is 28.9 Å². The van der Waals surface area contributed by atoms with Gasteiger partial charge >= 0.3 is 0 Å². The number of primary sulfonamides is 1. The van der Waals surface area contributed by atoms with Gasteiger partial charge in [-0.3, -0.25) is 10.1 Å². The van der Waals surface area contributed by atoms with Crippen LogP contribution < -0.4 is 9.88 Å². The summed E-state index contributed by atoms with van der Waals surface area (Å²) in [7, 11) is -3.57. The highest BCUT2D eigenvalue weighted by Crippen LogP contribution is 2.24. The van der Waals surface area contributed by atoms with Crippen LogP contribution >= 0.6 is 0 Å². The zero-order chi connectivity index (χ0) is 16.2. The van der Waals surface area contributed by atoms with Crippen molar-refractivity contribution in [3.8, 4) is 5.75 Å². The van der Waals surface area contributed by atoms with Gasteiger partial charge in [-0.1, -0.05) is 13.8 Å². The summed E-state index contributed by atoms with van der Waals surface area (Å²) in [5.74, 6) is 0.188. The van der Waals surface area contributed by atoms with E-state index in [9.17, 15) is 18.5 Å². The average molecular weight is 316 g/mol. The molecule has 1 atom stereocenters. The number of hydrogen-bond donors (Lipinski definition) is 1. The van der Waals surface area contributed by atoms with Crippen molar-refractivity contribution in [1.82, 2.24) is 0 Å². The second-order valence-corrected chi connectivity index (χ2v) is 7.01. The van der Waals surface area contributed by atoms with Crippen LogP contribution in [-0.2, 0) is 10.0 Å². The Morgan fingerprint density at radius 2 is 2.00 bits per heavy atom. The van der Waals surface area contributed by atoms with Crippen LogP contribution in [-0.4, -0.2) is 25.7 Å². The minimum absolute atomic E-state index is 0.00945. The van der Waals surface area contributed by atoms with Crippen molar-refractivity contribution >= 4 is 15.7 Å². The molecule has 0 radical (unpaired) electrons. The quantitative estimate of drug-likeness (QED) is 0.609. The normalized spacial score (nSPS) is 13.2. The smallest absolute Gasteiger partial charge is 0.269 e. The highest BCUT2D eigenvalue weighted by Gasteiger charge is 2.21. The van der Waals surface area contributed by atoms with Gasteiger partial charge in [0.1, 0.15) is 5.75 Å². The Labute approximate surface area is 124 Å². The fourth-order valence-corrected chi connectivity index (χ4v) is 2.92. The molecule has 2 N–H and O–H groups in total. The number of nitrogens with two attached hydrogens (primary N) is 1. The molecule has 1 unspecified atom stereocenters. The van der Waals surface area contributed by atoms with E-state index in [2.05, 4.69) is 0 Å². The zero-order valence-corrected chi connectivity index (χ0v) is 13.1. The number of benzene rings is 1. The maximum Gasteiger partial charge on any atom is 0.269 e. The van der Waals surface area contributed by atoms with Crippen LogP contribution in [0.5, 0.6) is 5.75 Å². The largest absolute Gasteiger partial charge is 0.493 e. The van der Waals surface area contributed by atoms with Crippen molar-refractivity contribution in [1.29, 1.82) is 0 Å². The summed E-state index contributed by atoms with van der Waals surface area (Å²) >= 11 is 0. The molecule has 7 nitrogen and oxygen atoms in total. The maximum absolute atomic E-state index is 11.2. The van der Waals surface area contributed by atoms with Crippen LogP contribution in [0.25, 0.3) is 0 Å². The van der Waals surface area contributed by atoms with Gasteiger partial charge < -0.3 is 4.74 Å². The monoisotopic (exact) mass is 316 g/mol. The number of hydrogen-bond acceptors (Lipinski definition) is 5. The van der Waals surface area contributed by atoms with Gasteiger partial charge in [-0.2, -0.15) is 0 Å². The summed E-state index contributed by atoms with van der Waals surface area (Å²) in [6.07, 6.45) is 0. The molecule has 0 aliphatic heterocycles. The number of rotatable bonds is 7. The van der Waals surface area contributed by atoms with E-state index in [1.807, 2.05) is 13.8 Å². The van der Waals surface area contributed by atoms with Crippen LogP contribution in [0.1, 0.15) is 19.4 Å². The number of sulfonamides is 1. The van der Waals surface area contributed by atoms with E-state index in [4.69, 9.17) is 9.88 Å². The Bertz CT molecular complexity index is 613. The van der Waals surface area contributed by atoms with Crippen molar-refractivity contribution in [3.05, 3.63) is 33.9 Å². The fourth-order valence-electron chi connectivity index (χ4n) is 1.84. The summed E-state index contributed by atoms with van der Waals surface area (Å²) in [4.78, 5) is 10.2. The topological polar surface area (TPSA) is 113 Å². The second-order valence-electron chi connectivity index (χ2n) is 5.35. The number of nitrogens with zero attached hydrogens (tertiary/aromatic N) is 1. The van der Waals surface area contributed by atoms with E-state index in [-0.39, 0.29) is 29.9 Å². The van der Waals surface area contributed by atoms with Gasteiger partial charge in [0, 0.05) is 18.1 Å². The molecule has 1 aromatic rings. The van der Waals surface area contributed by atoms with Crippen LogP contribution in [0.3, 0.4) is 0 Å². The van der Waals surface area contributed by atoms with E-state index < -0.39 is 14.9 Å². The van der Waals surface area contributed by atoms with Crippen molar-refractivity contribution in [3.63, 3.8) is 0 Å². The molecule has 0 saturated carbocycles. The number of nitro benzene ring substituents is 1. The second kappa shape index (κ2) is 6.86. The number of ether oxygens (including phenoxy) is 1. The number of aryl methyl sites for hydroxylation is 1. The molecule has 0 amide bonds. The van der Waals surface area contributed by atoms with Crippen LogP contribution in [0.2, 0.25) is 0 Å². The highest BCUT2D eigenvalue weighted by atomic mass is 32.2. The zero-order valence-electron chi connectivity index (χ0n) is 12.3. The summed E-state index contributed by atoms with van der Waals surface area (Å²) in [6, 6.07) is 4.29. The van der Waals surface area contributed by atoms with E-state index in [0.717, 1.165) is 0 Å². The van der Waals surface area contributed by atoms with Crippen molar-refractivity contribution in [2.75, 3.05) is 12.4 Å². The molecular formula is C13H20N2O5S. The predicted molar refractivity (Wildman–Crippen MR) is 79.6 cm³/mol. The van der Waals surface area contributed by atoms with Gasteiger partial charge in [0.25, 0.3) is 5.69 Å². The van der Waals surface area contributed by atoms with Gasteiger partial charge in [0.15, 0.2) is 0 Å². The molecule has 8 heteroatoms. The van der Waals surface area contributed by atoms with Crippen molar-refractivity contribution in [2.45, 2.75) is 20.8 Å². The SMILES string of the molecule is Cc1cc([N+](=O)[O-])ccc1OCC(CS(N)(=O)=O)C(C)C. The molecule has 0 aliphatic rings. The summed E-state index contributed by atoms with van der Waals surface area (Å²) < 4.78 is 28.0. The lowest BCUT2D eigenvalue weighted by Gasteiger charge is -2.20. The number of non-ortho nitro benzene ring substituents is 1. The van der Waals surface area contributed by atoms with Crippen LogP contribution in [0.4, 0.5) is 5.69 Å². The third-order valence-electron chi connectivity index (χ3n) is 3.21. The third-order valence-corrected chi connectivity index (χ3v) is 4.10. The molecule has 1 rings (SSSR count). The lowest BCUT2D eigenvalue weighted by atomic mass is 9.99. The summed E-state index contributed by atoms with van der Waals surface area (Å²) in [5, 5.41) is 15.7. The van der Waals surface area contributed by atoms with E-state index in [0.29, 0.717) is 11.3 Å². The molecule has 118 valence electrons. The first kappa shape index (κ1) is 17.4. The first-order valence-electron chi connectivity index (χ1n) is 6.48. The Morgan fingerprint density at radius 3 is 2.43 bits per heavy atom. The summed E-state index contributed by atoms with van der Waals surface area (Å²) in [5.41, 5.74) is 0.618. The Morgan fingerprint density at radius 1 is 1.38 bits per heavy atom. The predicted octanol–water partition coefficient (Wildman–Crippen LogP) is 1.84. The first-order valence-corrected chi connectivity index (χ1v) is 8.20. The fraction of sp³-hybridized carbons (Fsp3) is 0.538. The average Bonchev–Trinajstić information content (AvgIpc) is 2.33. The van der Waals surface area contributed by atoms with E-state index in [1.54, 1.807) is 6.92 Å². The molecule has 0 fully saturated rings. The van der Waals surface area contributed by atoms with Gasteiger partial charge in [-0.05, 0) is 24.5 Å². The lowest BCUT2D eigenvalue weighted by molar-refractivity contribution is -0.384. The Balaban J connectivity index is 2.79. The van der Waals surface area contributed by atoms with Crippen molar-refractivity contribution < 1.29 is 18.1 Å². The minimum atomic E-state index is -3.57. The van der Waals surface area contributed by atoms with Gasteiger partial charge in [-0.25, -0.2) is 13.6 Å². The highest BCUT2D eigenvalue weighted by molar-refractivity contribution is 7.89. The lowest BCUT2D eigenvalue weighted by Crippen LogP contribution is -2.30. The van der Waals surface area contributed by atoms with Gasteiger partial charge in [0.2, 0.25) is 10.0 Å². The molecule has 0 spiro atoms. The van der Waals surface area contributed by atoms with Crippen molar-refractivity contribution in [2.24, 2.45) is 17.0 Å². The molecule has 0 heterocycles. The Kier molecular flexibility index (Phi) is 5.68. The van der Waals surface area contributed by atoms with Gasteiger partial charge in [0.05, 0.1) is 17.3 Å². The molecule has 0 bridgehead atoms. The van der Waals surface area contributed by atoms with E-state index >= 15 is 0 Å². The molecule has 0 aromatic heterocycles. The van der Waals surface area contributed by atoms with E-state index in [1.165, 1.54) is 18.2 Å². The molecule has 21 heavy (non-hydrogen) atoms. The standard InChI is InChI=1S/C13H20N2O5S/c1-9(2)11(8-21(14,18)19)7-20-13-5-4-12(15(16)17)6-10(13)3/h4-6,9,11H,7-8H2,1-3H3,(H2,14,18,19). The van der Waals surface area contributed by atoms with Gasteiger partial charge in [-0.15, -0.1) is 0 Å². The molecule has 1 aromatic carbocycles. The Hall–Kier alpha value is -1.67. The number of nitro groups is 1.